The maximum absolute atomic E-state index is 12.2. The standard InChI is InChI=1S/C25H39N3O4/c1-8-19(26-24(29)32-25(3,4)5)13-17(2)28-12-11-27-10-9-18-14-22(30-6)23(31-7)15-20(18)21(27)16-28/h14-15,19,21H,2,8-13,16H2,1,3-7H3,(H,26,29). The van der Waals surface area contributed by atoms with Crippen LogP contribution in [0.3, 0.4) is 0 Å². The van der Waals surface area contributed by atoms with Crippen molar-refractivity contribution in [3.8, 4) is 11.5 Å². The number of fused-ring (bicyclic) bond motifs is 3. The second-order valence-electron chi connectivity index (χ2n) is 9.68. The molecule has 1 aromatic rings. The summed E-state index contributed by atoms with van der Waals surface area (Å²) in [5, 5.41) is 3.00. The molecule has 1 saturated heterocycles. The van der Waals surface area contributed by atoms with Crippen LogP contribution in [0.4, 0.5) is 4.79 Å². The third-order valence-corrected chi connectivity index (χ3v) is 6.31. The fourth-order valence-corrected chi connectivity index (χ4v) is 4.58. The van der Waals surface area contributed by atoms with Gasteiger partial charge in [0.2, 0.25) is 0 Å². The molecule has 0 saturated carbocycles. The third kappa shape index (κ3) is 5.68. The van der Waals surface area contributed by atoms with Gasteiger partial charge in [-0.1, -0.05) is 13.5 Å². The van der Waals surface area contributed by atoms with E-state index >= 15 is 0 Å². The van der Waals surface area contributed by atoms with E-state index in [9.17, 15) is 4.79 Å². The maximum atomic E-state index is 12.2. The van der Waals surface area contributed by atoms with Crippen LogP contribution in [0.15, 0.2) is 24.4 Å². The molecule has 0 aliphatic carbocycles. The Morgan fingerprint density at radius 2 is 1.88 bits per heavy atom. The normalized spacial score (nSPS) is 19.4. The van der Waals surface area contributed by atoms with Crippen molar-refractivity contribution in [2.45, 2.75) is 64.6 Å². The highest BCUT2D eigenvalue weighted by Crippen LogP contribution is 2.40. The topological polar surface area (TPSA) is 63.3 Å². The summed E-state index contributed by atoms with van der Waals surface area (Å²) in [6.45, 7) is 15.9. The molecular weight excluding hydrogens is 406 g/mol. The predicted molar refractivity (Wildman–Crippen MR) is 126 cm³/mol. The molecule has 2 unspecified atom stereocenters. The molecule has 1 amide bonds. The first kappa shape index (κ1) is 24.2. The van der Waals surface area contributed by atoms with E-state index in [0.717, 1.165) is 56.2 Å². The number of benzene rings is 1. The van der Waals surface area contributed by atoms with Crippen LogP contribution in [0.5, 0.6) is 11.5 Å². The number of hydrogen-bond donors (Lipinski definition) is 1. The van der Waals surface area contributed by atoms with Crippen LogP contribution in [-0.4, -0.2) is 67.9 Å². The summed E-state index contributed by atoms with van der Waals surface area (Å²) >= 11 is 0. The first-order valence-corrected chi connectivity index (χ1v) is 11.6. The molecule has 32 heavy (non-hydrogen) atoms. The van der Waals surface area contributed by atoms with Crippen molar-refractivity contribution in [3.63, 3.8) is 0 Å². The average Bonchev–Trinajstić information content (AvgIpc) is 2.75. The van der Waals surface area contributed by atoms with Gasteiger partial charge in [-0.15, -0.1) is 0 Å². The van der Waals surface area contributed by atoms with Gasteiger partial charge in [0.15, 0.2) is 11.5 Å². The quantitative estimate of drug-likeness (QED) is 0.681. The third-order valence-electron chi connectivity index (χ3n) is 6.31. The summed E-state index contributed by atoms with van der Waals surface area (Å²) in [7, 11) is 3.36. The molecule has 0 spiro atoms. The fourth-order valence-electron chi connectivity index (χ4n) is 4.58. The minimum absolute atomic E-state index is 0.00150. The van der Waals surface area contributed by atoms with Crippen molar-refractivity contribution in [2.75, 3.05) is 40.4 Å². The van der Waals surface area contributed by atoms with Crippen molar-refractivity contribution in [1.29, 1.82) is 0 Å². The zero-order valence-electron chi connectivity index (χ0n) is 20.5. The van der Waals surface area contributed by atoms with Crippen molar-refractivity contribution < 1.29 is 19.0 Å². The second-order valence-corrected chi connectivity index (χ2v) is 9.68. The Bertz CT molecular complexity index is 833. The lowest BCUT2D eigenvalue weighted by molar-refractivity contribution is 0.0496. The van der Waals surface area contributed by atoms with Gasteiger partial charge in [0.05, 0.1) is 20.3 Å². The van der Waals surface area contributed by atoms with Crippen LogP contribution in [0.1, 0.15) is 57.7 Å². The Kier molecular flexibility index (Phi) is 7.59. The molecule has 7 heteroatoms. The lowest BCUT2D eigenvalue weighted by atomic mass is 9.90. The molecule has 1 fully saturated rings. The lowest BCUT2D eigenvalue weighted by Crippen LogP contribution is -2.50. The number of nitrogens with one attached hydrogen (secondary N) is 1. The molecular formula is C25H39N3O4. The van der Waals surface area contributed by atoms with Crippen molar-refractivity contribution in [2.24, 2.45) is 0 Å². The number of nitrogens with zero attached hydrogens (tertiary/aromatic N) is 2. The smallest absolute Gasteiger partial charge is 0.407 e. The number of carbonyl (C=O) groups is 1. The number of ether oxygens (including phenoxy) is 3. The van der Waals surface area contributed by atoms with Crippen molar-refractivity contribution in [3.05, 3.63) is 35.5 Å². The van der Waals surface area contributed by atoms with Gasteiger partial charge in [0.25, 0.3) is 0 Å². The van der Waals surface area contributed by atoms with E-state index in [1.54, 1.807) is 14.2 Å². The Morgan fingerprint density at radius 3 is 2.50 bits per heavy atom. The minimum atomic E-state index is -0.506. The summed E-state index contributed by atoms with van der Waals surface area (Å²) < 4.78 is 16.5. The highest BCUT2D eigenvalue weighted by Gasteiger charge is 2.34. The summed E-state index contributed by atoms with van der Waals surface area (Å²) in [6.07, 6.45) is 2.18. The van der Waals surface area contributed by atoms with E-state index in [1.165, 1.54) is 11.1 Å². The van der Waals surface area contributed by atoms with Gasteiger partial charge < -0.3 is 24.4 Å². The Labute approximate surface area is 192 Å². The predicted octanol–water partition coefficient (Wildman–Crippen LogP) is 4.13. The number of hydrogen-bond acceptors (Lipinski definition) is 6. The first-order valence-electron chi connectivity index (χ1n) is 11.6. The van der Waals surface area contributed by atoms with E-state index in [4.69, 9.17) is 14.2 Å². The lowest BCUT2D eigenvalue weighted by Gasteiger charge is -2.46. The van der Waals surface area contributed by atoms with Gasteiger partial charge in [-0.05, 0) is 56.9 Å². The molecule has 178 valence electrons. The monoisotopic (exact) mass is 445 g/mol. The fraction of sp³-hybridized carbons (Fsp3) is 0.640. The van der Waals surface area contributed by atoms with Gasteiger partial charge in [-0.3, -0.25) is 4.90 Å². The van der Waals surface area contributed by atoms with Crippen LogP contribution in [0, 0.1) is 0 Å². The van der Waals surface area contributed by atoms with Crippen molar-refractivity contribution in [1.82, 2.24) is 15.1 Å². The molecule has 1 aromatic carbocycles. The Hall–Kier alpha value is -2.41. The summed E-state index contributed by atoms with van der Waals surface area (Å²) in [4.78, 5) is 17.1. The van der Waals surface area contributed by atoms with Crippen LogP contribution >= 0.6 is 0 Å². The van der Waals surface area contributed by atoms with E-state index in [-0.39, 0.29) is 12.1 Å². The summed E-state index contributed by atoms with van der Waals surface area (Å²) in [5.74, 6) is 1.56. The Balaban J connectivity index is 1.68. The molecule has 2 atom stereocenters. The van der Waals surface area contributed by atoms with E-state index < -0.39 is 5.60 Å². The van der Waals surface area contributed by atoms with E-state index in [0.29, 0.717) is 12.5 Å². The zero-order valence-corrected chi connectivity index (χ0v) is 20.5. The van der Waals surface area contributed by atoms with Gasteiger partial charge >= 0.3 is 6.09 Å². The molecule has 1 N–H and O–H groups in total. The number of methoxy groups -OCH3 is 2. The van der Waals surface area contributed by atoms with Gasteiger partial charge in [-0.2, -0.15) is 0 Å². The van der Waals surface area contributed by atoms with Crippen LogP contribution in [-0.2, 0) is 11.2 Å². The van der Waals surface area contributed by atoms with Crippen LogP contribution in [0.25, 0.3) is 0 Å². The Morgan fingerprint density at radius 1 is 1.19 bits per heavy atom. The SMILES string of the molecule is C=C(CC(CC)NC(=O)OC(C)(C)C)N1CCN2CCc3cc(OC)c(OC)cc3C2C1. The second kappa shape index (κ2) is 10.0. The summed E-state index contributed by atoms with van der Waals surface area (Å²) in [5.41, 5.74) is 3.19. The first-order chi connectivity index (χ1) is 15.1. The van der Waals surface area contributed by atoms with Crippen LogP contribution in [0.2, 0.25) is 0 Å². The highest BCUT2D eigenvalue weighted by atomic mass is 16.6. The minimum Gasteiger partial charge on any atom is -0.493 e. The average molecular weight is 446 g/mol. The number of rotatable bonds is 7. The van der Waals surface area contributed by atoms with Gasteiger partial charge in [0, 0.05) is 44.3 Å². The molecule has 2 aliphatic rings. The number of amides is 1. The van der Waals surface area contributed by atoms with E-state index in [2.05, 4.69) is 40.8 Å². The molecule has 0 bridgehead atoms. The van der Waals surface area contributed by atoms with E-state index in [1.807, 2.05) is 20.8 Å². The molecule has 7 nitrogen and oxygen atoms in total. The van der Waals surface area contributed by atoms with Gasteiger partial charge in [-0.25, -0.2) is 4.79 Å². The summed E-state index contributed by atoms with van der Waals surface area (Å²) in [6, 6.07) is 4.55. The largest absolute Gasteiger partial charge is 0.493 e. The molecule has 2 heterocycles. The number of piperazine rings is 1. The molecule has 0 aromatic heterocycles. The molecule has 0 radical (unpaired) electrons. The highest BCUT2D eigenvalue weighted by molar-refractivity contribution is 5.68. The maximum Gasteiger partial charge on any atom is 0.407 e. The molecule has 3 rings (SSSR count). The number of alkyl carbamates (subject to hydrolysis) is 1. The van der Waals surface area contributed by atoms with Crippen LogP contribution < -0.4 is 14.8 Å². The van der Waals surface area contributed by atoms with Crippen molar-refractivity contribution >= 4 is 6.09 Å². The van der Waals surface area contributed by atoms with Gasteiger partial charge in [0.1, 0.15) is 5.60 Å². The molecule has 2 aliphatic heterocycles. The zero-order chi connectivity index (χ0) is 23.5. The number of carbonyl (C=O) groups excluding carboxylic acids is 1.